The molecular formula is C4H4N6O. The van der Waals surface area contributed by atoms with Crippen molar-refractivity contribution in [3.05, 3.63) is 33.2 Å². The molecular weight excluding hydrogens is 148 g/mol. The van der Waals surface area contributed by atoms with Gasteiger partial charge in [0.2, 0.25) is 5.82 Å². The molecule has 1 aromatic rings. The number of azide groups is 1. The summed E-state index contributed by atoms with van der Waals surface area (Å²) in [6.07, 6.45) is 1.24. The monoisotopic (exact) mass is 152 g/mol. The SMILES string of the molecule is [N-]=[N+]=Nn1c(N)ccnc1=O. The lowest BCUT2D eigenvalue weighted by atomic mass is 10.6. The first-order valence-electron chi connectivity index (χ1n) is 2.64. The molecule has 7 nitrogen and oxygen atoms in total. The summed E-state index contributed by atoms with van der Waals surface area (Å²) >= 11 is 0. The lowest BCUT2D eigenvalue weighted by molar-refractivity contribution is 0.785. The number of hydrogen-bond donors (Lipinski definition) is 1. The van der Waals surface area contributed by atoms with E-state index in [-0.39, 0.29) is 5.82 Å². The minimum absolute atomic E-state index is 0.0581. The summed E-state index contributed by atoms with van der Waals surface area (Å²) in [6.45, 7) is 0. The van der Waals surface area contributed by atoms with Crippen LogP contribution in [0.5, 0.6) is 0 Å². The van der Waals surface area contributed by atoms with Crippen LogP contribution < -0.4 is 11.4 Å². The van der Waals surface area contributed by atoms with Gasteiger partial charge in [0.05, 0.1) is 0 Å². The molecule has 1 rings (SSSR count). The molecule has 0 aromatic carbocycles. The molecule has 0 fully saturated rings. The van der Waals surface area contributed by atoms with Crippen molar-refractivity contribution in [3.63, 3.8) is 0 Å². The highest BCUT2D eigenvalue weighted by atomic mass is 16.2. The summed E-state index contributed by atoms with van der Waals surface area (Å²) in [6, 6.07) is 1.36. The number of nitrogens with two attached hydrogens (primary N) is 1. The largest absolute Gasteiger partial charge is 0.444 e. The first kappa shape index (κ1) is 7.10. The van der Waals surface area contributed by atoms with Gasteiger partial charge in [0, 0.05) is 12.3 Å². The molecule has 1 aromatic heterocycles. The first-order valence-corrected chi connectivity index (χ1v) is 2.64. The third-order valence-electron chi connectivity index (χ3n) is 0.985. The fourth-order valence-electron chi connectivity index (χ4n) is 0.543. The van der Waals surface area contributed by atoms with E-state index in [1.54, 1.807) is 0 Å². The van der Waals surface area contributed by atoms with Crippen LogP contribution in [0.2, 0.25) is 0 Å². The number of nitrogen functional groups attached to an aromatic ring is 1. The van der Waals surface area contributed by atoms with E-state index in [0.717, 1.165) is 0 Å². The summed E-state index contributed by atoms with van der Waals surface area (Å²) in [4.78, 5) is 16.5. The number of rotatable bonds is 1. The van der Waals surface area contributed by atoms with Gasteiger partial charge in [-0.3, -0.25) is 0 Å². The molecule has 0 bridgehead atoms. The Morgan fingerprint density at radius 3 is 3.09 bits per heavy atom. The zero-order valence-corrected chi connectivity index (χ0v) is 5.38. The molecule has 0 unspecified atom stereocenters. The molecule has 1 heterocycles. The zero-order valence-electron chi connectivity index (χ0n) is 5.38. The summed E-state index contributed by atoms with van der Waals surface area (Å²) in [5.74, 6) is 0.0581. The summed E-state index contributed by atoms with van der Waals surface area (Å²) in [5.41, 5.74) is 12.6. The Morgan fingerprint density at radius 2 is 2.55 bits per heavy atom. The normalized spacial score (nSPS) is 8.73. The summed E-state index contributed by atoms with van der Waals surface area (Å²) < 4.78 is 0.667. The Hall–Kier alpha value is -2.01. The second-order valence-corrected chi connectivity index (χ2v) is 1.64. The van der Waals surface area contributed by atoms with Crippen LogP contribution in [-0.2, 0) is 0 Å². The predicted octanol–water partition coefficient (Wildman–Crippen LogP) is -0.101. The second-order valence-electron chi connectivity index (χ2n) is 1.64. The summed E-state index contributed by atoms with van der Waals surface area (Å²) in [7, 11) is 0. The van der Waals surface area contributed by atoms with Crippen LogP contribution in [0.1, 0.15) is 0 Å². The van der Waals surface area contributed by atoms with Crippen LogP contribution in [0.4, 0.5) is 5.82 Å². The van der Waals surface area contributed by atoms with Crippen LogP contribution in [-0.4, -0.2) is 9.66 Å². The van der Waals surface area contributed by atoms with Crippen LogP contribution in [0.25, 0.3) is 10.4 Å². The zero-order chi connectivity index (χ0) is 8.27. The van der Waals surface area contributed by atoms with Crippen molar-refractivity contribution < 1.29 is 0 Å². The molecule has 0 atom stereocenters. The van der Waals surface area contributed by atoms with Crippen LogP contribution in [0, 0.1) is 0 Å². The topological polar surface area (TPSA) is 110 Å². The van der Waals surface area contributed by atoms with Crippen molar-refractivity contribution in [2.45, 2.75) is 0 Å². The molecule has 56 valence electrons. The van der Waals surface area contributed by atoms with Crippen LogP contribution >= 0.6 is 0 Å². The van der Waals surface area contributed by atoms with Gasteiger partial charge in [-0.05, 0) is 5.22 Å². The minimum atomic E-state index is -0.692. The maximum Gasteiger partial charge on any atom is 0.444 e. The van der Waals surface area contributed by atoms with E-state index in [0.29, 0.717) is 4.68 Å². The third-order valence-corrected chi connectivity index (χ3v) is 0.985. The van der Waals surface area contributed by atoms with Crippen molar-refractivity contribution in [1.29, 1.82) is 0 Å². The quantitative estimate of drug-likeness (QED) is 0.344. The van der Waals surface area contributed by atoms with Gasteiger partial charge in [0.15, 0.2) is 0 Å². The number of anilines is 1. The van der Waals surface area contributed by atoms with Gasteiger partial charge in [0.25, 0.3) is 0 Å². The van der Waals surface area contributed by atoms with Crippen molar-refractivity contribution in [2.75, 3.05) is 5.73 Å². The molecule has 0 spiro atoms. The Kier molecular flexibility index (Phi) is 1.75. The molecule has 0 amide bonds. The Bertz CT molecular complexity index is 361. The van der Waals surface area contributed by atoms with Gasteiger partial charge in [-0.1, -0.05) is 0 Å². The van der Waals surface area contributed by atoms with E-state index >= 15 is 0 Å². The average Bonchev–Trinajstić information content (AvgIpc) is 1.97. The standard InChI is InChI=1S/C4H4N6O/c5-3-1-2-7-4(11)10(3)9-8-6/h1-2H,5H2. The Morgan fingerprint density at radius 1 is 1.82 bits per heavy atom. The fourth-order valence-corrected chi connectivity index (χ4v) is 0.543. The van der Waals surface area contributed by atoms with Crippen molar-refractivity contribution in [3.8, 4) is 0 Å². The molecule has 0 aliphatic carbocycles. The van der Waals surface area contributed by atoms with E-state index in [2.05, 4.69) is 15.1 Å². The molecule has 0 radical (unpaired) electrons. The van der Waals surface area contributed by atoms with Gasteiger partial charge in [-0.15, -0.1) is 10.2 Å². The predicted molar refractivity (Wildman–Crippen MR) is 37.5 cm³/mol. The number of nitrogens with zero attached hydrogens (tertiary/aromatic N) is 5. The van der Waals surface area contributed by atoms with Gasteiger partial charge in [0.1, 0.15) is 0 Å². The van der Waals surface area contributed by atoms with E-state index in [4.69, 9.17) is 11.3 Å². The highest BCUT2D eigenvalue weighted by molar-refractivity contribution is 5.25. The Balaban J connectivity index is 3.44. The van der Waals surface area contributed by atoms with Crippen molar-refractivity contribution >= 4 is 5.82 Å². The highest BCUT2D eigenvalue weighted by Crippen LogP contribution is 1.93. The van der Waals surface area contributed by atoms with E-state index in [1.807, 2.05) is 0 Å². The van der Waals surface area contributed by atoms with Gasteiger partial charge in [-0.25, -0.2) is 4.79 Å². The molecule has 0 saturated carbocycles. The number of aromatic nitrogens is 2. The average molecular weight is 152 g/mol. The molecule has 7 heteroatoms. The maximum atomic E-state index is 10.7. The molecule has 11 heavy (non-hydrogen) atoms. The van der Waals surface area contributed by atoms with E-state index in [1.165, 1.54) is 12.3 Å². The van der Waals surface area contributed by atoms with Crippen molar-refractivity contribution in [1.82, 2.24) is 9.66 Å². The molecule has 0 aliphatic rings. The van der Waals surface area contributed by atoms with Gasteiger partial charge >= 0.3 is 5.69 Å². The van der Waals surface area contributed by atoms with Gasteiger partial charge in [-0.2, -0.15) is 9.90 Å². The molecule has 0 saturated heterocycles. The maximum absolute atomic E-state index is 10.7. The van der Waals surface area contributed by atoms with Crippen molar-refractivity contribution in [2.24, 2.45) is 5.22 Å². The first-order chi connectivity index (χ1) is 5.25. The minimum Gasteiger partial charge on any atom is -0.365 e. The summed E-state index contributed by atoms with van der Waals surface area (Å²) in [5, 5.41) is 3.00. The lowest BCUT2D eigenvalue weighted by Gasteiger charge is -1.91. The fraction of sp³-hybridized carbons (Fsp3) is 0. The number of hydrogen-bond acceptors (Lipinski definition) is 4. The molecule has 0 aliphatic heterocycles. The van der Waals surface area contributed by atoms with Crippen LogP contribution in [0.15, 0.2) is 22.3 Å². The third kappa shape index (κ3) is 1.28. The second kappa shape index (κ2) is 2.72. The van der Waals surface area contributed by atoms with Crippen LogP contribution in [0.3, 0.4) is 0 Å². The van der Waals surface area contributed by atoms with E-state index < -0.39 is 5.69 Å². The smallest absolute Gasteiger partial charge is 0.365 e. The highest BCUT2D eigenvalue weighted by Gasteiger charge is 2.00. The molecule has 2 N–H and O–H groups in total. The lowest BCUT2D eigenvalue weighted by Crippen LogP contribution is -2.20. The van der Waals surface area contributed by atoms with E-state index in [9.17, 15) is 4.79 Å². The Labute approximate surface area is 60.7 Å². The van der Waals surface area contributed by atoms with Gasteiger partial charge < -0.3 is 5.73 Å².